The molecule has 0 saturated carbocycles. The third-order valence-electron chi connectivity index (χ3n) is 9.18. The Hall–Kier alpha value is -1.13. The summed E-state index contributed by atoms with van der Waals surface area (Å²) in [6.45, 7) is 4.30. The minimum absolute atomic E-state index is 0.0653. The number of aliphatic hydroxyl groups excluding tert-OH is 2. The molecule has 0 rings (SSSR count). The first kappa shape index (κ1) is 43.9. The highest BCUT2D eigenvalue weighted by Gasteiger charge is 2.17. The molecular formula is C41H79NO3. The molecule has 3 N–H and O–H groups in total. The largest absolute Gasteiger partial charge is 0.394 e. The average molecular weight is 634 g/mol. The van der Waals surface area contributed by atoms with E-state index < -0.39 is 12.1 Å². The van der Waals surface area contributed by atoms with Gasteiger partial charge in [0, 0.05) is 6.42 Å². The molecule has 0 aliphatic carbocycles. The molecule has 0 aromatic rings. The zero-order valence-electron chi connectivity index (χ0n) is 30.4. The van der Waals surface area contributed by atoms with Crippen molar-refractivity contribution in [3.63, 3.8) is 0 Å². The van der Waals surface area contributed by atoms with E-state index in [0.717, 1.165) is 25.7 Å². The second-order valence-corrected chi connectivity index (χ2v) is 13.7. The highest BCUT2D eigenvalue weighted by molar-refractivity contribution is 5.76. The van der Waals surface area contributed by atoms with Crippen molar-refractivity contribution in [2.45, 2.75) is 225 Å². The molecule has 266 valence electrons. The Labute approximate surface area is 281 Å². The summed E-state index contributed by atoms with van der Waals surface area (Å²) in [7, 11) is 0. The fraction of sp³-hybridized carbons (Fsp3) is 0.878. The molecule has 0 aromatic carbocycles. The summed E-state index contributed by atoms with van der Waals surface area (Å²) in [5, 5.41) is 22.9. The Balaban J connectivity index is 3.55. The highest BCUT2D eigenvalue weighted by atomic mass is 16.3. The van der Waals surface area contributed by atoms with Crippen LogP contribution in [0.25, 0.3) is 0 Å². The third kappa shape index (κ3) is 34.0. The van der Waals surface area contributed by atoms with Gasteiger partial charge in [0.1, 0.15) is 0 Å². The molecule has 0 fully saturated rings. The van der Waals surface area contributed by atoms with E-state index in [0.29, 0.717) is 6.42 Å². The zero-order valence-corrected chi connectivity index (χ0v) is 30.4. The number of nitrogens with one attached hydrogen (secondary N) is 1. The maximum Gasteiger partial charge on any atom is 0.220 e. The number of aliphatic hydroxyl groups is 2. The molecule has 1 amide bonds. The third-order valence-corrected chi connectivity index (χ3v) is 9.18. The van der Waals surface area contributed by atoms with Crippen LogP contribution in [0.2, 0.25) is 0 Å². The molecule has 4 nitrogen and oxygen atoms in total. The Kier molecular flexibility index (Phi) is 36.4. The first-order valence-electron chi connectivity index (χ1n) is 20.1. The van der Waals surface area contributed by atoms with E-state index in [4.69, 9.17) is 0 Å². The van der Waals surface area contributed by atoms with Gasteiger partial charge in [-0.3, -0.25) is 4.79 Å². The van der Waals surface area contributed by atoms with E-state index >= 15 is 0 Å². The Morgan fingerprint density at radius 3 is 1.22 bits per heavy atom. The van der Waals surface area contributed by atoms with Crippen LogP contribution >= 0.6 is 0 Å². The van der Waals surface area contributed by atoms with Crippen molar-refractivity contribution < 1.29 is 15.0 Å². The van der Waals surface area contributed by atoms with Crippen LogP contribution in [0.15, 0.2) is 24.3 Å². The van der Waals surface area contributed by atoms with Crippen molar-refractivity contribution >= 4 is 5.91 Å². The van der Waals surface area contributed by atoms with Gasteiger partial charge in [0.05, 0.1) is 18.8 Å². The summed E-state index contributed by atoms with van der Waals surface area (Å²) in [5.41, 5.74) is 0. The SMILES string of the molecule is CCCCCCCC/C=C\CCCCCCCCCCCCCC(=O)N[C@@H](CO)[C@H](O)/C=C/CCCCCCCCCCCC. The number of amides is 1. The van der Waals surface area contributed by atoms with Gasteiger partial charge in [-0.1, -0.05) is 186 Å². The quantitative estimate of drug-likeness (QED) is 0.0475. The molecule has 0 radical (unpaired) electrons. The summed E-state index contributed by atoms with van der Waals surface area (Å²) in [6, 6.07) is -0.618. The Bertz CT molecular complexity index is 647. The topological polar surface area (TPSA) is 69.6 Å². The molecule has 2 atom stereocenters. The lowest BCUT2D eigenvalue weighted by molar-refractivity contribution is -0.123. The molecule has 0 aliphatic rings. The van der Waals surface area contributed by atoms with E-state index in [9.17, 15) is 15.0 Å². The molecule has 0 saturated heterocycles. The number of carbonyl (C=O) groups is 1. The van der Waals surface area contributed by atoms with E-state index in [-0.39, 0.29) is 12.5 Å². The van der Waals surface area contributed by atoms with Crippen molar-refractivity contribution in [3.05, 3.63) is 24.3 Å². The first-order chi connectivity index (χ1) is 22.2. The lowest BCUT2D eigenvalue weighted by Crippen LogP contribution is -2.45. The van der Waals surface area contributed by atoms with Crippen molar-refractivity contribution in [2.75, 3.05) is 6.61 Å². The predicted molar refractivity (Wildman–Crippen MR) is 198 cm³/mol. The van der Waals surface area contributed by atoms with Gasteiger partial charge in [-0.05, 0) is 44.9 Å². The summed E-state index contributed by atoms with van der Waals surface area (Å²) >= 11 is 0. The molecule has 45 heavy (non-hydrogen) atoms. The van der Waals surface area contributed by atoms with Crippen LogP contribution in [-0.2, 0) is 4.79 Å². The van der Waals surface area contributed by atoms with Crippen molar-refractivity contribution in [3.8, 4) is 0 Å². The average Bonchev–Trinajstić information content (AvgIpc) is 3.04. The maximum atomic E-state index is 12.3. The number of allylic oxidation sites excluding steroid dienone is 3. The summed E-state index contributed by atoms with van der Waals surface area (Å²) < 4.78 is 0. The van der Waals surface area contributed by atoms with E-state index in [2.05, 4.69) is 31.3 Å². The second kappa shape index (κ2) is 37.3. The molecule has 0 aliphatic heterocycles. The van der Waals surface area contributed by atoms with Gasteiger partial charge >= 0.3 is 0 Å². The highest BCUT2D eigenvalue weighted by Crippen LogP contribution is 2.14. The predicted octanol–water partition coefficient (Wildman–Crippen LogP) is 12.1. The smallest absolute Gasteiger partial charge is 0.220 e. The van der Waals surface area contributed by atoms with Crippen LogP contribution in [-0.4, -0.2) is 34.9 Å². The lowest BCUT2D eigenvalue weighted by atomic mass is 10.0. The van der Waals surface area contributed by atoms with Crippen LogP contribution in [0.1, 0.15) is 213 Å². The van der Waals surface area contributed by atoms with Crippen LogP contribution in [0.5, 0.6) is 0 Å². The van der Waals surface area contributed by atoms with Gasteiger partial charge in [0.25, 0.3) is 0 Å². The van der Waals surface area contributed by atoms with Crippen LogP contribution in [0, 0.1) is 0 Å². The number of carbonyl (C=O) groups excluding carboxylic acids is 1. The molecule has 0 heterocycles. The van der Waals surface area contributed by atoms with Gasteiger partial charge in [0.15, 0.2) is 0 Å². The second-order valence-electron chi connectivity index (χ2n) is 13.7. The minimum atomic E-state index is -0.835. The van der Waals surface area contributed by atoms with Crippen LogP contribution < -0.4 is 5.32 Å². The fourth-order valence-electron chi connectivity index (χ4n) is 6.05. The minimum Gasteiger partial charge on any atom is -0.394 e. The molecular weight excluding hydrogens is 554 g/mol. The molecule has 0 unspecified atom stereocenters. The molecule has 0 aromatic heterocycles. The van der Waals surface area contributed by atoms with Gasteiger partial charge in [-0.15, -0.1) is 0 Å². The normalized spacial score (nSPS) is 13.2. The number of unbranched alkanes of at least 4 members (excludes halogenated alkanes) is 27. The Morgan fingerprint density at radius 2 is 0.844 bits per heavy atom. The van der Waals surface area contributed by atoms with Gasteiger partial charge < -0.3 is 15.5 Å². The van der Waals surface area contributed by atoms with Crippen LogP contribution in [0.4, 0.5) is 0 Å². The van der Waals surface area contributed by atoms with Crippen molar-refractivity contribution in [1.82, 2.24) is 5.32 Å². The van der Waals surface area contributed by atoms with E-state index in [1.54, 1.807) is 6.08 Å². The standard InChI is InChI=1S/C41H79NO3/c1-3-5-7-9-11-13-15-17-18-19-20-21-22-23-24-25-27-29-31-33-35-37-41(45)42-39(38-43)40(44)36-34-32-30-28-26-16-14-12-10-8-6-4-2/h17-18,34,36,39-40,43-44H,3-16,19-33,35,37-38H2,1-2H3,(H,42,45)/b18-17-,36-34+/t39-,40+/m0/s1. The zero-order chi connectivity index (χ0) is 32.9. The van der Waals surface area contributed by atoms with Crippen LogP contribution in [0.3, 0.4) is 0 Å². The molecule has 4 heteroatoms. The van der Waals surface area contributed by atoms with Gasteiger partial charge in [-0.2, -0.15) is 0 Å². The fourth-order valence-corrected chi connectivity index (χ4v) is 6.05. The number of rotatable bonds is 36. The number of hydrogen-bond donors (Lipinski definition) is 3. The first-order valence-corrected chi connectivity index (χ1v) is 20.1. The monoisotopic (exact) mass is 634 g/mol. The summed E-state index contributed by atoms with van der Waals surface area (Å²) in [5.74, 6) is -0.0653. The summed E-state index contributed by atoms with van der Waals surface area (Å²) in [6.07, 6.45) is 47.0. The Morgan fingerprint density at radius 1 is 0.511 bits per heavy atom. The van der Waals surface area contributed by atoms with E-state index in [1.807, 2.05) is 6.08 Å². The van der Waals surface area contributed by atoms with Crippen molar-refractivity contribution in [2.24, 2.45) is 0 Å². The molecule has 0 spiro atoms. The molecule has 0 bridgehead atoms. The van der Waals surface area contributed by atoms with Crippen molar-refractivity contribution in [1.29, 1.82) is 0 Å². The van der Waals surface area contributed by atoms with E-state index in [1.165, 1.54) is 167 Å². The summed E-state index contributed by atoms with van der Waals surface area (Å²) in [4.78, 5) is 12.3. The lowest BCUT2D eigenvalue weighted by Gasteiger charge is -2.20. The maximum absolute atomic E-state index is 12.3. The van der Waals surface area contributed by atoms with Gasteiger partial charge in [0.2, 0.25) is 5.91 Å². The van der Waals surface area contributed by atoms with Gasteiger partial charge in [-0.25, -0.2) is 0 Å². The number of hydrogen-bond acceptors (Lipinski definition) is 3.